The summed E-state index contributed by atoms with van der Waals surface area (Å²) in [5.41, 5.74) is 4.72. The SMILES string of the molecule is O=Cc1ccc(N2CCCc3ccccc3C2)cc1Br. The molecule has 1 heterocycles. The molecule has 3 rings (SSSR count). The van der Waals surface area contributed by atoms with E-state index in [1.54, 1.807) is 0 Å². The normalized spacial score (nSPS) is 14.6. The van der Waals surface area contributed by atoms with Gasteiger partial charge < -0.3 is 4.90 Å². The third-order valence-electron chi connectivity index (χ3n) is 3.83. The van der Waals surface area contributed by atoms with Gasteiger partial charge in [0, 0.05) is 28.8 Å². The predicted molar refractivity (Wildman–Crippen MR) is 85.3 cm³/mol. The number of nitrogens with zero attached hydrogens (tertiary/aromatic N) is 1. The van der Waals surface area contributed by atoms with E-state index < -0.39 is 0 Å². The Kier molecular flexibility index (Phi) is 3.88. The second-order valence-electron chi connectivity index (χ2n) is 5.12. The minimum atomic E-state index is 0.698. The number of carbonyl (C=O) groups is 1. The van der Waals surface area contributed by atoms with E-state index in [0.717, 1.165) is 36.7 Å². The van der Waals surface area contributed by atoms with Crippen molar-refractivity contribution in [3.63, 3.8) is 0 Å². The van der Waals surface area contributed by atoms with Crippen LogP contribution in [0.3, 0.4) is 0 Å². The second-order valence-corrected chi connectivity index (χ2v) is 5.97. The molecule has 2 nitrogen and oxygen atoms in total. The first-order valence-corrected chi connectivity index (χ1v) is 7.63. The molecule has 0 saturated heterocycles. The molecule has 0 bridgehead atoms. The maximum atomic E-state index is 10.9. The van der Waals surface area contributed by atoms with Gasteiger partial charge in [0.25, 0.3) is 0 Å². The van der Waals surface area contributed by atoms with E-state index in [-0.39, 0.29) is 0 Å². The number of benzene rings is 2. The zero-order chi connectivity index (χ0) is 13.9. The van der Waals surface area contributed by atoms with E-state index in [0.29, 0.717) is 5.56 Å². The molecule has 0 aromatic heterocycles. The Hall–Kier alpha value is -1.61. The molecule has 0 aliphatic carbocycles. The molecule has 3 heteroatoms. The van der Waals surface area contributed by atoms with Crippen molar-refractivity contribution in [2.45, 2.75) is 19.4 Å². The number of anilines is 1. The number of rotatable bonds is 2. The Bertz CT molecular complexity index is 639. The van der Waals surface area contributed by atoms with Crippen LogP contribution < -0.4 is 4.90 Å². The number of carbonyl (C=O) groups excluding carboxylic acids is 1. The Morgan fingerprint density at radius 1 is 1.10 bits per heavy atom. The molecule has 0 radical (unpaired) electrons. The Morgan fingerprint density at radius 3 is 2.65 bits per heavy atom. The van der Waals surface area contributed by atoms with Crippen LogP contribution in [-0.4, -0.2) is 12.8 Å². The summed E-state index contributed by atoms with van der Waals surface area (Å²) < 4.78 is 0.863. The monoisotopic (exact) mass is 329 g/mol. The van der Waals surface area contributed by atoms with Crippen molar-refractivity contribution in [3.8, 4) is 0 Å². The minimum Gasteiger partial charge on any atom is -0.367 e. The van der Waals surface area contributed by atoms with Gasteiger partial charge >= 0.3 is 0 Å². The van der Waals surface area contributed by atoms with Crippen molar-refractivity contribution >= 4 is 27.9 Å². The highest BCUT2D eigenvalue weighted by Crippen LogP contribution is 2.27. The summed E-state index contributed by atoms with van der Waals surface area (Å²) in [6.07, 6.45) is 3.18. The van der Waals surface area contributed by atoms with Gasteiger partial charge in [0.05, 0.1) is 0 Å². The molecule has 1 aliphatic rings. The first kappa shape index (κ1) is 13.4. The maximum absolute atomic E-state index is 10.9. The molecule has 0 saturated carbocycles. The van der Waals surface area contributed by atoms with Crippen LogP contribution in [0.2, 0.25) is 0 Å². The smallest absolute Gasteiger partial charge is 0.151 e. The van der Waals surface area contributed by atoms with Crippen LogP contribution in [0.4, 0.5) is 5.69 Å². The third-order valence-corrected chi connectivity index (χ3v) is 4.52. The lowest BCUT2D eigenvalue weighted by Gasteiger charge is -2.23. The van der Waals surface area contributed by atoms with Crippen molar-refractivity contribution in [1.29, 1.82) is 0 Å². The summed E-state index contributed by atoms with van der Waals surface area (Å²) in [5.74, 6) is 0. The standard InChI is InChI=1S/C17H16BrNO/c18-17-10-16(8-7-15(17)12-20)19-9-3-6-13-4-1-2-5-14(13)11-19/h1-2,4-5,7-8,10,12H,3,6,9,11H2. The lowest BCUT2D eigenvalue weighted by atomic mass is 10.0. The molecule has 0 atom stereocenters. The van der Waals surface area contributed by atoms with Gasteiger partial charge in [-0.15, -0.1) is 0 Å². The summed E-state index contributed by atoms with van der Waals surface area (Å²) in [6.45, 7) is 1.98. The molecule has 0 fully saturated rings. The van der Waals surface area contributed by atoms with Gasteiger partial charge in [0.1, 0.15) is 0 Å². The first-order valence-electron chi connectivity index (χ1n) is 6.84. The van der Waals surface area contributed by atoms with E-state index >= 15 is 0 Å². The molecule has 2 aromatic carbocycles. The molecule has 102 valence electrons. The zero-order valence-electron chi connectivity index (χ0n) is 11.2. The summed E-state index contributed by atoms with van der Waals surface area (Å²) >= 11 is 3.47. The number of hydrogen-bond donors (Lipinski definition) is 0. The second kappa shape index (κ2) is 5.80. The van der Waals surface area contributed by atoms with Crippen LogP contribution in [0.5, 0.6) is 0 Å². The van der Waals surface area contributed by atoms with Gasteiger partial charge in [0.15, 0.2) is 6.29 Å². The van der Waals surface area contributed by atoms with Gasteiger partial charge in [-0.2, -0.15) is 0 Å². The fourth-order valence-corrected chi connectivity index (χ4v) is 3.19. The van der Waals surface area contributed by atoms with E-state index in [4.69, 9.17) is 0 Å². The lowest BCUT2D eigenvalue weighted by Crippen LogP contribution is -2.22. The summed E-state index contributed by atoms with van der Waals surface area (Å²) in [5, 5.41) is 0. The van der Waals surface area contributed by atoms with Crippen LogP contribution in [0.25, 0.3) is 0 Å². The van der Waals surface area contributed by atoms with Crippen molar-refractivity contribution in [2.75, 3.05) is 11.4 Å². The topological polar surface area (TPSA) is 20.3 Å². The zero-order valence-corrected chi connectivity index (χ0v) is 12.8. The van der Waals surface area contributed by atoms with Gasteiger partial charge in [-0.1, -0.05) is 24.3 Å². The highest BCUT2D eigenvalue weighted by molar-refractivity contribution is 9.10. The van der Waals surface area contributed by atoms with Crippen LogP contribution in [0, 0.1) is 0 Å². The highest BCUT2D eigenvalue weighted by atomic mass is 79.9. The van der Waals surface area contributed by atoms with Crippen molar-refractivity contribution in [1.82, 2.24) is 0 Å². The Balaban J connectivity index is 1.91. The Labute approximate surface area is 127 Å². The van der Waals surface area contributed by atoms with Crippen LogP contribution in [0.15, 0.2) is 46.9 Å². The number of aldehydes is 1. The molecule has 0 N–H and O–H groups in total. The van der Waals surface area contributed by atoms with Gasteiger partial charge in [-0.05, 0) is 58.1 Å². The van der Waals surface area contributed by atoms with Crippen LogP contribution >= 0.6 is 15.9 Å². The van der Waals surface area contributed by atoms with E-state index in [1.807, 2.05) is 18.2 Å². The fourth-order valence-electron chi connectivity index (χ4n) is 2.73. The average molecular weight is 330 g/mol. The highest BCUT2D eigenvalue weighted by Gasteiger charge is 2.15. The van der Waals surface area contributed by atoms with E-state index in [1.165, 1.54) is 16.8 Å². The summed E-state index contributed by atoms with van der Waals surface area (Å²) in [6, 6.07) is 14.6. The number of fused-ring (bicyclic) bond motifs is 1. The Morgan fingerprint density at radius 2 is 1.90 bits per heavy atom. The molecule has 2 aromatic rings. The lowest BCUT2D eigenvalue weighted by molar-refractivity contribution is 0.112. The quantitative estimate of drug-likeness (QED) is 0.769. The summed E-state index contributed by atoms with van der Waals surface area (Å²) in [7, 11) is 0. The largest absolute Gasteiger partial charge is 0.367 e. The van der Waals surface area contributed by atoms with Gasteiger partial charge in [-0.3, -0.25) is 4.79 Å². The fraction of sp³-hybridized carbons (Fsp3) is 0.235. The molecule has 1 aliphatic heterocycles. The van der Waals surface area contributed by atoms with Crippen molar-refractivity contribution in [3.05, 3.63) is 63.6 Å². The van der Waals surface area contributed by atoms with Crippen molar-refractivity contribution < 1.29 is 4.79 Å². The van der Waals surface area contributed by atoms with Gasteiger partial charge in [-0.25, -0.2) is 0 Å². The maximum Gasteiger partial charge on any atom is 0.151 e. The molecule has 0 spiro atoms. The number of hydrogen-bond acceptors (Lipinski definition) is 2. The average Bonchev–Trinajstić information content (AvgIpc) is 2.69. The van der Waals surface area contributed by atoms with Gasteiger partial charge in [0.2, 0.25) is 0 Å². The van der Waals surface area contributed by atoms with Crippen molar-refractivity contribution in [2.24, 2.45) is 0 Å². The molecule has 20 heavy (non-hydrogen) atoms. The van der Waals surface area contributed by atoms with Crippen LogP contribution in [-0.2, 0) is 13.0 Å². The minimum absolute atomic E-state index is 0.698. The molecule has 0 unspecified atom stereocenters. The van der Waals surface area contributed by atoms with E-state index in [2.05, 4.69) is 45.1 Å². The molecular weight excluding hydrogens is 314 g/mol. The summed E-state index contributed by atoms with van der Waals surface area (Å²) in [4.78, 5) is 13.3. The number of halogens is 1. The van der Waals surface area contributed by atoms with E-state index in [9.17, 15) is 4.79 Å². The molecular formula is C17H16BrNO. The molecule has 0 amide bonds. The van der Waals surface area contributed by atoms with Crippen LogP contribution in [0.1, 0.15) is 27.9 Å². The number of aryl methyl sites for hydroxylation is 1. The third kappa shape index (κ3) is 2.63. The predicted octanol–water partition coefficient (Wildman–Crippen LogP) is 4.21. The first-order chi connectivity index (χ1) is 9.78.